The number of sulfonamides is 1. The number of aryl methyl sites for hydroxylation is 1. The predicted molar refractivity (Wildman–Crippen MR) is 78.8 cm³/mol. The van der Waals surface area contributed by atoms with Crippen molar-refractivity contribution in [3.63, 3.8) is 0 Å². The van der Waals surface area contributed by atoms with Crippen LogP contribution in [-0.2, 0) is 21.2 Å². The van der Waals surface area contributed by atoms with Gasteiger partial charge in [0.05, 0.1) is 24.6 Å². The van der Waals surface area contributed by atoms with Gasteiger partial charge in [0, 0.05) is 6.54 Å². The zero-order valence-corrected chi connectivity index (χ0v) is 12.2. The number of fused-ring (bicyclic) bond motifs is 1. The summed E-state index contributed by atoms with van der Waals surface area (Å²) in [5.74, 6) is 0. The second kappa shape index (κ2) is 5.19. The predicted octanol–water partition coefficient (Wildman–Crippen LogP) is 0.658. The van der Waals surface area contributed by atoms with Crippen molar-refractivity contribution in [2.24, 2.45) is 5.73 Å². The van der Waals surface area contributed by atoms with E-state index in [4.69, 9.17) is 10.5 Å². The minimum Gasteiger partial charge on any atom is -0.378 e. The van der Waals surface area contributed by atoms with Gasteiger partial charge in [0.25, 0.3) is 0 Å². The number of nitrogens with one attached hydrogen (secondary N) is 1. The van der Waals surface area contributed by atoms with Gasteiger partial charge < -0.3 is 10.5 Å². The van der Waals surface area contributed by atoms with Gasteiger partial charge in [-0.1, -0.05) is 6.07 Å². The summed E-state index contributed by atoms with van der Waals surface area (Å²) >= 11 is 0. The summed E-state index contributed by atoms with van der Waals surface area (Å²) in [6, 6.07) is 4.68. The second-order valence-electron chi connectivity index (χ2n) is 5.24. The third-order valence-corrected chi connectivity index (χ3v) is 5.45. The first-order valence-corrected chi connectivity index (χ1v) is 8.31. The molecule has 7 nitrogen and oxygen atoms in total. The van der Waals surface area contributed by atoms with Crippen LogP contribution in [0.3, 0.4) is 0 Å². The first kappa shape index (κ1) is 14.2. The molecule has 1 saturated heterocycles. The van der Waals surface area contributed by atoms with Crippen molar-refractivity contribution in [1.29, 1.82) is 0 Å². The number of primary amides is 1. The van der Waals surface area contributed by atoms with Gasteiger partial charge in [-0.25, -0.2) is 13.2 Å². The number of nitrogens with zero attached hydrogens (tertiary/aromatic N) is 1. The van der Waals surface area contributed by atoms with E-state index in [0.717, 1.165) is 18.4 Å². The molecule has 2 aliphatic rings. The summed E-state index contributed by atoms with van der Waals surface area (Å²) in [5.41, 5.74) is 7.48. The molecule has 1 aromatic rings. The van der Waals surface area contributed by atoms with Gasteiger partial charge in [0.15, 0.2) is 0 Å². The maximum Gasteiger partial charge on any atom is 0.319 e. The molecule has 0 aliphatic carbocycles. The van der Waals surface area contributed by atoms with Crippen molar-refractivity contribution >= 4 is 27.4 Å². The summed E-state index contributed by atoms with van der Waals surface area (Å²) in [6.45, 7) is 0.983. The van der Waals surface area contributed by atoms with Crippen LogP contribution >= 0.6 is 0 Å². The van der Waals surface area contributed by atoms with Gasteiger partial charge in [0.1, 0.15) is 5.25 Å². The van der Waals surface area contributed by atoms with Crippen molar-refractivity contribution in [2.75, 3.05) is 29.4 Å². The monoisotopic (exact) mass is 311 g/mol. The highest BCUT2D eigenvalue weighted by Gasteiger charge is 2.33. The third kappa shape index (κ3) is 2.68. The summed E-state index contributed by atoms with van der Waals surface area (Å²) < 4.78 is 31.6. The third-order valence-electron chi connectivity index (χ3n) is 3.78. The number of hydrogen-bond acceptors (Lipinski definition) is 4. The van der Waals surface area contributed by atoms with Crippen molar-refractivity contribution in [2.45, 2.75) is 18.1 Å². The van der Waals surface area contributed by atoms with E-state index in [2.05, 4.69) is 4.72 Å². The number of nitrogens with two attached hydrogens (primary N) is 1. The van der Waals surface area contributed by atoms with Crippen LogP contribution in [0.5, 0.6) is 0 Å². The molecule has 3 rings (SSSR count). The molecule has 8 heteroatoms. The number of ether oxygens (including phenoxy) is 1. The molecular weight excluding hydrogens is 294 g/mol. The highest BCUT2D eigenvalue weighted by Crippen LogP contribution is 2.30. The first-order valence-electron chi connectivity index (χ1n) is 6.76. The van der Waals surface area contributed by atoms with Crippen LogP contribution in [0.1, 0.15) is 12.0 Å². The molecule has 2 amide bonds. The van der Waals surface area contributed by atoms with E-state index in [0.29, 0.717) is 17.9 Å². The lowest BCUT2D eigenvalue weighted by Crippen LogP contribution is -2.43. The van der Waals surface area contributed by atoms with Gasteiger partial charge >= 0.3 is 6.03 Å². The number of benzene rings is 1. The molecule has 1 fully saturated rings. The van der Waals surface area contributed by atoms with Gasteiger partial charge in [-0.3, -0.25) is 9.62 Å². The lowest BCUT2D eigenvalue weighted by Gasteiger charge is -2.29. The number of amides is 2. The van der Waals surface area contributed by atoms with E-state index < -0.39 is 21.3 Å². The molecule has 21 heavy (non-hydrogen) atoms. The van der Waals surface area contributed by atoms with Crippen LogP contribution < -0.4 is 15.4 Å². The van der Waals surface area contributed by atoms with E-state index in [1.54, 1.807) is 12.1 Å². The molecule has 1 aromatic carbocycles. The van der Waals surface area contributed by atoms with Crippen LogP contribution in [0.2, 0.25) is 0 Å². The number of carbonyl (C=O) groups excluding carboxylic acids is 1. The number of anilines is 2. The molecule has 2 heterocycles. The average Bonchev–Trinajstić information content (AvgIpc) is 2.34. The van der Waals surface area contributed by atoms with Crippen LogP contribution in [0.15, 0.2) is 18.2 Å². The number of urea groups is 1. The van der Waals surface area contributed by atoms with Gasteiger partial charge in [-0.05, 0) is 30.5 Å². The molecule has 3 N–H and O–H groups in total. The fourth-order valence-corrected chi connectivity index (χ4v) is 3.68. The Balaban J connectivity index is 1.88. The molecule has 0 bridgehead atoms. The highest BCUT2D eigenvalue weighted by atomic mass is 32.2. The van der Waals surface area contributed by atoms with E-state index in [9.17, 15) is 13.2 Å². The number of hydrogen-bond donors (Lipinski definition) is 2. The Morgan fingerprint density at radius 2 is 2.14 bits per heavy atom. The highest BCUT2D eigenvalue weighted by molar-refractivity contribution is 7.93. The summed E-state index contributed by atoms with van der Waals surface area (Å²) in [7, 11) is -3.45. The van der Waals surface area contributed by atoms with E-state index in [-0.39, 0.29) is 13.2 Å². The largest absolute Gasteiger partial charge is 0.378 e. The molecule has 2 aliphatic heterocycles. The van der Waals surface area contributed by atoms with Gasteiger partial charge in [0.2, 0.25) is 10.0 Å². The fraction of sp³-hybridized carbons (Fsp3) is 0.462. The molecule has 114 valence electrons. The minimum absolute atomic E-state index is 0.216. The number of carbonyl (C=O) groups is 1. The second-order valence-corrected chi connectivity index (χ2v) is 7.20. The zero-order chi connectivity index (χ0) is 15.0. The Morgan fingerprint density at radius 3 is 2.76 bits per heavy atom. The number of rotatable bonds is 3. The molecule has 0 radical (unpaired) electrons. The Kier molecular flexibility index (Phi) is 3.50. The first-order chi connectivity index (χ1) is 9.97. The Morgan fingerprint density at radius 1 is 1.38 bits per heavy atom. The summed E-state index contributed by atoms with van der Waals surface area (Å²) in [4.78, 5) is 12.9. The lowest BCUT2D eigenvalue weighted by molar-refractivity contribution is 0.0418. The Bertz CT molecular complexity index is 670. The van der Waals surface area contributed by atoms with Crippen molar-refractivity contribution in [1.82, 2.24) is 0 Å². The van der Waals surface area contributed by atoms with Gasteiger partial charge in [-0.2, -0.15) is 0 Å². The van der Waals surface area contributed by atoms with Crippen LogP contribution in [0.4, 0.5) is 16.2 Å². The minimum atomic E-state index is -3.45. The topological polar surface area (TPSA) is 102 Å². The van der Waals surface area contributed by atoms with Crippen LogP contribution in [0.25, 0.3) is 0 Å². The fourth-order valence-electron chi connectivity index (χ4n) is 2.51. The van der Waals surface area contributed by atoms with Gasteiger partial charge in [-0.15, -0.1) is 0 Å². The van der Waals surface area contributed by atoms with E-state index >= 15 is 0 Å². The van der Waals surface area contributed by atoms with E-state index in [1.807, 2.05) is 6.07 Å². The molecule has 0 spiro atoms. The quantitative estimate of drug-likeness (QED) is 0.856. The lowest BCUT2D eigenvalue weighted by atomic mass is 10.0. The van der Waals surface area contributed by atoms with Crippen molar-refractivity contribution in [3.05, 3.63) is 23.8 Å². The maximum absolute atomic E-state index is 12.1. The molecule has 0 saturated carbocycles. The SMILES string of the molecule is NC(=O)N1CCCc2ccc(NS(=O)(=O)C3COC3)cc21. The standard InChI is InChI=1S/C13H17N3O4S/c14-13(17)16-5-1-2-9-3-4-10(6-12(9)16)15-21(18,19)11-7-20-8-11/h3-4,6,11,15H,1-2,5,7-8H2,(H2,14,17). The van der Waals surface area contributed by atoms with Crippen molar-refractivity contribution < 1.29 is 17.9 Å². The summed E-state index contributed by atoms with van der Waals surface area (Å²) in [5, 5.41) is -0.513. The zero-order valence-electron chi connectivity index (χ0n) is 11.4. The molecular formula is C13H17N3O4S. The van der Waals surface area contributed by atoms with Crippen molar-refractivity contribution in [3.8, 4) is 0 Å². The van der Waals surface area contributed by atoms with Crippen LogP contribution in [-0.4, -0.2) is 39.5 Å². The summed E-state index contributed by atoms with van der Waals surface area (Å²) in [6.07, 6.45) is 1.70. The molecule has 0 aromatic heterocycles. The molecule has 0 atom stereocenters. The smallest absolute Gasteiger partial charge is 0.319 e. The molecule has 0 unspecified atom stereocenters. The maximum atomic E-state index is 12.1. The Labute approximate surface area is 123 Å². The van der Waals surface area contributed by atoms with E-state index in [1.165, 1.54) is 4.90 Å². The normalized spacial score (nSPS) is 18.8. The Hall–Kier alpha value is -1.80. The average molecular weight is 311 g/mol. The van der Waals surface area contributed by atoms with Crippen LogP contribution in [0, 0.1) is 0 Å².